The third-order valence-electron chi connectivity index (χ3n) is 8.56. The Balaban J connectivity index is 0.00000386. The van der Waals surface area contributed by atoms with Gasteiger partial charge in [0.15, 0.2) is 0 Å². The Hall–Kier alpha value is -4.47. The predicted molar refractivity (Wildman–Crippen MR) is 187 cm³/mol. The van der Waals surface area contributed by atoms with Crippen LogP contribution in [0, 0.1) is 38.3 Å². The van der Waals surface area contributed by atoms with Crippen molar-refractivity contribution in [3.8, 4) is 34.1 Å². The van der Waals surface area contributed by atoms with Crippen LogP contribution in [0.5, 0.6) is 11.5 Å². The minimum atomic E-state index is 0. The molecule has 5 nitrogen and oxygen atoms in total. The number of hydrogen-bond acceptors (Lipinski definition) is 3. The zero-order valence-corrected chi connectivity index (χ0v) is 29.9. The molecule has 0 radical (unpaired) electrons. The molecule has 0 atom stereocenters. The number of ether oxygens (including phenoxy) is 1. The van der Waals surface area contributed by atoms with Gasteiger partial charge in [0.2, 0.25) is 0 Å². The first kappa shape index (κ1) is 32.5. The fraction of sp³-hybridized carbons (Fsp3) is 0.220. The van der Waals surface area contributed by atoms with Crippen molar-refractivity contribution in [2.75, 3.05) is 0 Å². The van der Waals surface area contributed by atoms with Crippen molar-refractivity contribution < 1.29 is 25.8 Å². The maximum Gasteiger partial charge on any atom is 2.00 e. The standard InChI is InChI=1S/C41H38N4O.Pt/c1-27-15-18-37-36(23-27)35-17-16-34(26-38(35)44(37)39-24-30(20-22-42-39)19-21-41(4,5)6)46-33-14-10-13-32(25-33)45-29(3)40(28(2)43-45)31-11-8-7-9-12-31;/h7-18,20,22-24H,19,21H2,1-6H3;/q-2;+2. The number of benzene rings is 4. The summed E-state index contributed by atoms with van der Waals surface area (Å²) < 4.78 is 10.6. The monoisotopic (exact) mass is 797 g/mol. The molecule has 3 heterocycles. The van der Waals surface area contributed by atoms with E-state index in [0.717, 1.165) is 63.3 Å². The van der Waals surface area contributed by atoms with Gasteiger partial charge in [0, 0.05) is 34.5 Å². The van der Waals surface area contributed by atoms with Crippen molar-refractivity contribution in [3.63, 3.8) is 0 Å². The van der Waals surface area contributed by atoms with Crippen molar-refractivity contribution in [2.45, 2.75) is 54.4 Å². The molecule has 6 heteroatoms. The van der Waals surface area contributed by atoms with Crippen LogP contribution in [-0.4, -0.2) is 19.3 Å². The predicted octanol–water partition coefficient (Wildman–Crippen LogP) is 10.3. The number of rotatable bonds is 7. The van der Waals surface area contributed by atoms with Crippen LogP contribution in [0.25, 0.3) is 44.4 Å². The fourth-order valence-corrected chi connectivity index (χ4v) is 6.23. The summed E-state index contributed by atoms with van der Waals surface area (Å²) in [7, 11) is 0. The van der Waals surface area contributed by atoms with Crippen molar-refractivity contribution in [1.29, 1.82) is 0 Å². The minimum Gasteiger partial charge on any atom is -0.509 e. The third-order valence-corrected chi connectivity index (χ3v) is 8.56. The van der Waals surface area contributed by atoms with Crippen LogP contribution in [0.2, 0.25) is 0 Å². The third kappa shape index (κ3) is 6.55. The molecule has 0 bridgehead atoms. The van der Waals surface area contributed by atoms with Gasteiger partial charge in [-0.3, -0.25) is 4.68 Å². The van der Waals surface area contributed by atoms with Gasteiger partial charge in [-0.25, -0.2) is 4.98 Å². The number of aryl methyl sites for hydroxylation is 3. The molecule has 0 aliphatic heterocycles. The molecular formula is C41H38N4OPt. The van der Waals surface area contributed by atoms with Crippen LogP contribution in [0.3, 0.4) is 0 Å². The molecule has 3 aromatic heterocycles. The molecule has 0 N–H and O–H groups in total. The van der Waals surface area contributed by atoms with E-state index in [9.17, 15) is 0 Å². The Kier molecular flexibility index (Phi) is 8.96. The molecule has 0 spiro atoms. The first-order valence-corrected chi connectivity index (χ1v) is 15.9. The molecule has 47 heavy (non-hydrogen) atoms. The summed E-state index contributed by atoms with van der Waals surface area (Å²) in [5.74, 6) is 2.10. The van der Waals surface area contributed by atoms with Crippen LogP contribution in [0.4, 0.5) is 0 Å². The molecule has 0 unspecified atom stereocenters. The summed E-state index contributed by atoms with van der Waals surface area (Å²) in [4.78, 5) is 4.83. The molecule has 238 valence electrons. The van der Waals surface area contributed by atoms with Crippen LogP contribution in [-0.2, 0) is 27.5 Å². The summed E-state index contributed by atoms with van der Waals surface area (Å²) in [5, 5.41) is 7.15. The Morgan fingerprint density at radius 1 is 0.787 bits per heavy atom. The minimum absolute atomic E-state index is 0. The van der Waals surface area contributed by atoms with Gasteiger partial charge in [-0.05, 0) is 79.4 Å². The maximum atomic E-state index is 6.43. The van der Waals surface area contributed by atoms with E-state index < -0.39 is 0 Å². The topological polar surface area (TPSA) is 44.9 Å². The molecular weight excluding hydrogens is 760 g/mol. The van der Waals surface area contributed by atoms with E-state index >= 15 is 0 Å². The second-order valence-electron chi connectivity index (χ2n) is 13.3. The van der Waals surface area contributed by atoms with Gasteiger partial charge in [0.25, 0.3) is 0 Å². The molecule has 7 rings (SSSR count). The summed E-state index contributed by atoms with van der Waals surface area (Å²) in [6.45, 7) is 13.1. The first-order chi connectivity index (χ1) is 22.1. The Morgan fingerprint density at radius 3 is 2.36 bits per heavy atom. The van der Waals surface area contributed by atoms with Crippen LogP contribution < -0.4 is 4.74 Å². The van der Waals surface area contributed by atoms with Crippen molar-refractivity contribution in [2.24, 2.45) is 5.41 Å². The van der Waals surface area contributed by atoms with Crippen LogP contribution in [0.15, 0.2) is 97.2 Å². The normalized spacial score (nSPS) is 11.6. The maximum absolute atomic E-state index is 6.43. The molecule has 7 aromatic rings. The van der Waals surface area contributed by atoms with Gasteiger partial charge in [0.1, 0.15) is 5.82 Å². The van der Waals surface area contributed by atoms with Gasteiger partial charge in [-0.2, -0.15) is 17.2 Å². The van der Waals surface area contributed by atoms with Crippen molar-refractivity contribution in [3.05, 3.63) is 132 Å². The van der Waals surface area contributed by atoms with E-state index in [1.807, 2.05) is 48.1 Å². The zero-order valence-electron chi connectivity index (χ0n) is 27.7. The van der Waals surface area contributed by atoms with Crippen LogP contribution in [0.1, 0.15) is 49.7 Å². The van der Waals surface area contributed by atoms with E-state index in [1.54, 1.807) is 0 Å². The van der Waals surface area contributed by atoms with Gasteiger partial charge in [0.05, 0.1) is 5.69 Å². The van der Waals surface area contributed by atoms with Crippen molar-refractivity contribution in [1.82, 2.24) is 19.3 Å². The number of hydrogen-bond donors (Lipinski definition) is 0. The number of fused-ring (bicyclic) bond motifs is 3. The largest absolute Gasteiger partial charge is 2.00 e. The van der Waals surface area contributed by atoms with E-state index in [4.69, 9.17) is 14.8 Å². The quantitative estimate of drug-likeness (QED) is 0.151. The zero-order chi connectivity index (χ0) is 32.0. The molecule has 0 saturated heterocycles. The van der Waals surface area contributed by atoms with E-state index in [1.165, 1.54) is 16.5 Å². The molecule has 0 aliphatic carbocycles. The van der Waals surface area contributed by atoms with Gasteiger partial charge >= 0.3 is 21.1 Å². The molecule has 0 aliphatic rings. The molecule has 0 fully saturated rings. The first-order valence-electron chi connectivity index (χ1n) is 15.9. The van der Waals surface area contributed by atoms with Crippen LogP contribution >= 0.6 is 0 Å². The fourth-order valence-electron chi connectivity index (χ4n) is 6.23. The summed E-state index contributed by atoms with van der Waals surface area (Å²) in [6.07, 6.45) is 4.03. The average Bonchev–Trinajstić information content (AvgIpc) is 3.52. The van der Waals surface area contributed by atoms with E-state index in [2.05, 4.69) is 112 Å². The smallest absolute Gasteiger partial charge is 0.509 e. The second kappa shape index (κ2) is 13.0. The molecule has 0 saturated carbocycles. The van der Waals surface area contributed by atoms with E-state index in [-0.39, 0.29) is 26.5 Å². The summed E-state index contributed by atoms with van der Waals surface area (Å²) in [5.41, 5.74) is 9.93. The summed E-state index contributed by atoms with van der Waals surface area (Å²) in [6, 6.07) is 38.3. The second-order valence-corrected chi connectivity index (χ2v) is 13.3. The van der Waals surface area contributed by atoms with Gasteiger partial charge < -0.3 is 9.30 Å². The Morgan fingerprint density at radius 2 is 1.57 bits per heavy atom. The van der Waals surface area contributed by atoms with Gasteiger partial charge in [-0.15, -0.1) is 35.7 Å². The Bertz CT molecular complexity index is 2210. The average molecular weight is 798 g/mol. The number of aromatic nitrogens is 4. The van der Waals surface area contributed by atoms with Gasteiger partial charge in [-0.1, -0.05) is 74.3 Å². The number of pyridine rings is 1. The van der Waals surface area contributed by atoms with Crippen molar-refractivity contribution >= 4 is 21.8 Å². The molecule has 0 amide bonds. The van der Waals surface area contributed by atoms with E-state index in [0.29, 0.717) is 11.5 Å². The Labute approximate surface area is 291 Å². The SMILES string of the molecule is Cc1ccc2c(c1)c1ccc(Oc3[c-]c(-n4nc(C)c(-c5ccccc5)c4C)ccc3)[c-]c1n2-c1cc(CCC(C)(C)C)ccn1.[Pt+2]. The molecule has 4 aromatic carbocycles. The number of nitrogens with zero attached hydrogens (tertiary/aromatic N) is 4. The summed E-state index contributed by atoms with van der Waals surface area (Å²) >= 11 is 0.